The molecule has 0 spiro atoms. The van der Waals surface area contributed by atoms with Crippen LogP contribution in [0.3, 0.4) is 0 Å². The Morgan fingerprint density at radius 3 is 2.33 bits per heavy atom. The van der Waals surface area contributed by atoms with Gasteiger partial charge in [-0.2, -0.15) is 0 Å². The Labute approximate surface area is 206 Å². The first-order valence-corrected chi connectivity index (χ1v) is 11.1. The van der Waals surface area contributed by atoms with E-state index in [4.69, 9.17) is 15.3 Å². The van der Waals surface area contributed by atoms with Gasteiger partial charge in [-0.1, -0.05) is 36.4 Å². The molecule has 0 aliphatic rings. The molecule has 1 aromatic heterocycles. The maximum Gasteiger partial charge on any atom is 0.358 e. The zero-order valence-corrected chi connectivity index (χ0v) is 19.4. The molecule has 0 radical (unpaired) electrons. The lowest BCUT2D eigenvalue weighted by Crippen LogP contribution is -2.23. The van der Waals surface area contributed by atoms with Gasteiger partial charge in [0.05, 0.1) is 18.0 Å². The molecule has 10 heteroatoms. The number of nitro benzene ring substituents is 1. The number of nitrogens with zero attached hydrogens (tertiary/aromatic N) is 3. The van der Waals surface area contributed by atoms with Crippen LogP contribution in [0.25, 0.3) is 11.3 Å². The fourth-order valence-corrected chi connectivity index (χ4v) is 4.00. The van der Waals surface area contributed by atoms with Crippen molar-refractivity contribution in [2.24, 2.45) is 0 Å². The largest absolute Gasteiger partial charge is 0.464 e. The van der Waals surface area contributed by atoms with Crippen molar-refractivity contribution in [3.8, 4) is 22.8 Å². The number of aromatic nitrogens is 2. The van der Waals surface area contributed by atoms with Crippen molar-refractivity contribution in [2.45, 2.75) is 12.3 Å². The lowest BCUT2D eigenvalue weighted by atomic mass is 9.93. The van der Waals surface area contributed by atoms with Gasteiger partial charge >= 0.3 is 5.97 Å². The highest BCUT2D eigenvalue weighted by atomic mass is 16.6. The quantitative estimate of drug-likeness (QED) is 0.154. The van der Waals surface area contributed by atoms with Crippen molar-refractivity contribution in [2.75, 3.05) is 19.6 Å². The van der Waals surface area contributed by atoms with E-state index in [-0.39, 0.29) is 35.9 Å². The molecule has 0 saturated carbocycles. The molecule has 0 amide bonds. The van der Waals surface area contributed by atoms with Crippen LogP contribution in [0.1, 0.15) is 34.2 Å². The fraction of sp³-hybridized carbons (Fsp3) is 0.154. The van der Waals surface area contributed by atoms with E-state index in [1.54, 1.807) is 42.5 Å². The molecular weight excluding hydrogens is 464 g/mol. The Bertz CT molecular complexity index is 1370. The number of nitro groups is 1. The first-order valence-electron chi connectivity index (χ1n) is 11.1. The van der Waals surface area contributed by atoms with E-state index >= 15 is 0 Å². The predicted octanol–water partition coefficient (Wildman–Crippen LogP) is 4.27. The van der Waals surface area contributed by atoms with Gasteiger partial charge in [0.15, 0.2) is 5.69 Å². The molecule has 4 rings (SSSR count). The number of para-hydroxylation sites is 2. The molecular formula is C26H24N4O6. The first-order chi connectivity index (χ1) is 17.4. The number of esters is 1. The topological polar surface area (TPSA) is 143 Å². The normalized spacial score (nSPS) is 11.6. The summed E-state index contributed by atoms with van der Waals surface area (Å²) in [6.45, 7) is -0.280. The maximum atomic E-state index is 12.7. The lowest BCUT2D eigenvalue weighted by Gasteiger charge is -2.16. The smallest absolute Gasteiger partial charge is 0.358 e. The van der Waals surface area contributed by atoms with Crippen LogP contribution >= 0.6 is 0 Å². The molecule has 0 saturated heterocycles. The summed E-state index contributed by atoms with van der Waals surface area (Å²) in [6, 6.07) is 22.3. The van der Waals surface area contributed by atoms with E-state index in [1.165, 1.54) is 13.2 Å². The van der Waals surface area contributed by atoms with Gasteiger partial charge in [0.1, 0.15) is 23.0 Å². The van der Waals surface area contributed by atoms with Crippen LogP contribution < -0.4 is 10.6 Å². The van der Waals surface area contributed by atoms with E-state index in [9.17, 15) is 20.0 Å². The van der Waals surface area contributed by atoms with E-state index in [0.717, 1.165) is 4.68 Å². The van der Waals surface area contributed by atoms with Crippen LogP contribution in [0, 0.1) is 10.1 Å². The fourth-order valence-electron chi connectivity index (χ4n) is 4.00. The van der Waals surface area contributed by atoms with Gasteiger partial charge in [-0.05, 0) is 42.8 Å². The second-order valence-electron chi connectivity index (χ2n) is 7.85. The Balaban J connectivity index is 1.79. The number of ether oxygens (including phenoxy) is 2. The molecule has 4 aromatic rings. The minimum absolute atomic E-state index is 0.0225. The molecule has 0 fully saturated rings. The Hall–Kier alpha value is -4.70. The number of methoxy groups -OCH3 is 1. The monoisotopic (exact) mass is 488 g/mol. The van der Waals surface area contributed by atoms with Gasteiger partial charge in [0.25, 0.3) is 5.69 Å². The van der Waals surface area contributed by atoms with E-state index < -0.39 is 16.8 Å². The summed E-state index contributed by atoms with van der Waals surface area (Å²) < 4.78 is 11.8. The Morgan fingerprint density at radius 1 is 1.06 bits per heavy atom. The Morgan fingerprint density at radius 2 is 1.69 bits per heavy atom. The number of carbonyl (C=O) groups is 1. The summed E-state index contributed by atoms with van der Waals surface area (Å²) >= 11 is 0. The van der Waals surface area contributed by atoms with Crippen molar-refractivity contribution in [3.05, 3.63) is 106 Å². The van der Waals surface area contributed by atoms with E-state index in [1.807, 2.05) is 30.3 Å². The third-order valence-corrected chi connectivity index (χ3v) is 5.66. The van der Waals surface area contributed by atoms with Crippen molar-refractivity contribution in [3.63, 3.8) is 0 Å². The molecule has 1 atom stereocenters. The minimum Gasteiger partial charge on any atom is -0.464 e. The highest BCUT2D eigenvalue weighted by molar-refractivity contribution is 5.95. The van der Waals surface area contributed by atoms with Crippen LogP contribution in [0.5, 0.6) is 11.5 Å². The Kier molecular flexibility index (Phi) is 7.26. The highest BCUT2D eigenvalue weighted by Crippen LogP contribution is 2.36. The number of benzene rings is 3. The number of aliphatic hydroxyl groups excluding tert-OH is 1. The van der Waals surface area contributed by atoms with Gasteiger partial charge in [-0.25, -0.2) is 14.5 Å². The number of carbonyl (C=O) groups excluding carboxylic acids is 1. The van der Waals surface area contributed by atoms with Crippen molar-refractivity contribution in [1.29, 1.82) is 0 Å². The van der Waals surface area contributed by atoms with Crippen LogP contribution in [-0.2, 0) is 4.74 Å². The van der Waals surface area contributed by atoms with Gasteiger partial charge < -0.3 is 20.4 Å². The van der Waals surface area contributed by atoms with Crippen molar-refractivity contribution < 1.29 is 24.3 Å². The SMILES string of the molecule is COC(=O)c1c(-c2ccc(Oc3ccccc3)cc2)nc(C(CCO)c2ccccc2[N+](=O)[O-])n1N. The molecule has 3 aromatic carbocycles. The number of rotatable bonds is 9. The van der Waals surface area contributed by atoms with E-state index in [0.29, 0.717) is 22.6 Å². The van der Waals surface area contributed by atoms with E-state index in [2.05, 4.69) is 4.98 Å². The maximum absolute atomic E-state index is 12.7. The van der Waals surface area contributed by atoms with Crippen LogP contribution in [0.15, 0.2) is 78.9 Å². The minimum atomic E-state index is -0.751. The van der Waals surface area contributed by atoms with Crippen LogP contribution in [-0.4, -0.2) is 39.4 Å². The molecule has 0 bridgehead atoms. The summed E-state index contributed by atoms with van der Waals surface area (Å²) in [7, 11) is 1.23. The number of imidazole rings is 1. The van der Waals surface area contributed by atoms with Gasteiger partial charge in [0, 0.05) is 23.8 Å². The van der Waals surface area contributed by atoms with Crippen LogP contribution in [0.4, 0.5) is 5.69 Å². The standard InChI is InChI=1S/C26H24N4O6/c1-35-26(32)24-23(17-11-13-19(14-12-17)36-18-7-3-2-4-8-18)28-25(29(24)27)21(15-16-31)20-9-5-6-10-22(20)30(33)34/h2-14,21,31H,15-16,27H2,1H3. The molecule has 3 N–H and O–H groups in total. The van der Waals surface area contributed by atoms with Crippen LogP contribution in [0.2, 0.25) is 0 Å². The third-order valence-electron chi connectivity index (χ3n) is 5.66. The second kappa shape index (κ2) is 10.7. The van der Waals surface area contributed by atoms with Gasteiger partial charge in [0.2, 0.25) is 0 Å². The molecule has 1 heterocycles. The summed E-state index contributed by atoms with van der Waals surface area (Å²) in [6.07, 6.45) is 0.100. The molecule has 0 aliphatic carbocycles. The average molecular weight is 489 g/mol. The van der Waals surface area contributed by atoms with Gasteiger partial charge in [-0.3, -0.25) is 10.1 Å². The van der Waals surface area contributed by atoms with Crippen molar-refractivity contribution in [1.82, 2.24) is 9.66 Å². The van der Waals surface area contributed by atoms with Crippen molar-refractivity contribution >= 4 is 11.7 Å². The zero-order valence-electron chi connectivity index (χ0n) is 19.4. The summed E-state index contributed by atoms with van der Waals surface area (Å²) in [5, 5.41) is 21.4. The summed E-state index contributed by atoms with van der Waals surface area (Å²) in [5.41, 5.74) is 0.967. The number of nitrogen functional groups attached to an aromatic ring is 1. The second-order valence-corrected chi connectivity index (χ2v) is 7.85. The first kappa shape index (κ1) is 24.4. The average Bonchev–Trinajstić information content (AvgIpc) is 3.24. The number of hydrogen-bond acceptors (Lipinski definition) is 8. The molecule has 36 heavy (non-hydrogen) atoms. The molecule has 1 unspecified atom stereocenters. The summed E-state index contributed by atoms with van der Waals surface area (Å²) in [5.74, 6) is 6.28. The molecule has 184 valence electrons. The number of nitrogens with two attached hydrogens (primary N) is 1. The zero-order chi connectivity index (χ0) is 25.7. The predicted molar refractivity (Wildman–Crippen MR) is 132 cm³/mol. The molecule has 0 aliphatic heterocycles. The summed E-state index contributed by atoms with van der Waals surface area (Å²) in [4.78, 5) is 28.5. The molecule has 10 nitrogen and oxygen atoms in total. The number of hydrogen-bond donors (Lipinski definition) is 2. The highest BCUT2D eigenvalue weighted by Gasteiger charge is 2.31. The third kappa shape index (κ3) is 4.89. The van der Waals surface area contributed by atoms with Gasteiger partial charge in [-0.15, -0.1) is 0 Å². The number of aliphatic hydroxyl groups is 1. The lowest BCUT2D eigenvalue weighted by molar-refractivity contribution is -0.385.